The minimum absolute atomic E-state index is 0.230. The first-order valence-electron chi connectivity index (χ1n) is 7.04. The van der Waals surface area contributed by atoms with Crippen molar-refractivity contribution in [2.45, 2.75) is 38.6 Å². The quantitative estimate of drug-likeness (QED) is 0.845. The van der Waals surface area contributed by atoms with Gasteiger partial charge in [0.05, 0.1) is 5.92 Å². The number of amides is 2. The molecule has 3 rings (SSSR count). The summed E-state index contributed by atoms with van der Waals surface area (Å²) in [5, 5.41) is 10.5. The lowest BCUT2D eigenvalue weighted by molar-refractivity contribution is -0.134. The number of aromatic nitrogens is 1. The van der Waals surface area contributed by atoms with Gasteiger partial charge in [0.2, 0.25) is 11.8 Å². The molecule has 6 heteroatoms. The van der Waals surface area contributed by atoms with Crippen LogP contribution in [0.15, 0.2) is 22.7 Å². The van der Waals surface area contributed by atoms with E-state index in [4.69, 9.17) is 4.52 Å². The Bertz CT molecular complexity index is 705. The Morgan fingerprint density at radius 1 is 1.38 bits per heavy atom. The fourth-order valence-electron chi connectivity index (χ4n) is 2.59. The van der Waals surface area contributed by atoms with Crippen molar-refractivity contribution in [3.8, 4) is 0 Å². The molecule has 6 nitrogen and oxygen atoms in total. The summed E-state index contributed by atoms with van der Waals surface area (Å²) < 4.78 is 5.29. The fourth-order valence-corrected chi connectivity index (χ4v) is 2.59. The summed E-state index contributed by atoms with van der Waals surface area (Å²) in [6.45, 7) is 4.11. The maximum Gasteiger partial charge on any atom is 0.235 e. The number of imide groups is 1. The van der Waals surface area contributed by atoms with Crippen molar-refractivity contribution < 1.29 is 14.1 Å². The molecule has 0 aliphatic carbocycles. The lowest BCUT2D eigenvalue weighted by atomic mass is 9.93. The van der Waals surface area contributed by atoms with Crippen LogP contribution in [0.1, 0.15) is 38.3 Å². The fraction of sp³-hybridized carbons (Fsp3) is 0.400. The number of piperidine rings is 1. The molecule has 0 bridgehead atoms. The monoisotopic (exact) mass is 287 g/mol. The van der Waals surface area contributed by atoms with Gasteiger partial charge in [-0.05, 0) is 38.5 Å². The van der Waals surface area contributed by atoms with Gasteiger partial charge in [-0.2, -0.15) is 0 Å². The molecule has 1 atom stereocenters. The first-order valence-corrected chi connectivity index (χ1v) is 7.04. The molecule has 0 spiro atoms. The molecule has 1 unspecified atom stereocenters. The number of carbonyl (C=O) groups excluding carboxylic acids is 2. The summed E-state index contributed by atoms with van der Waals surface area (Å²) >= 11 is 0. The van der Waals surface area contributed by atoms with E-state index in [2.05, 4.69) is 29.6 Å². The Kier molecular flexibility index (Phi) is 3.37. The summed E-state index contributed by atoms with van der Waals surface area (Å²) in [5.74, 6) is -0.965. The van der Waals surface area contributed by atoms with Crippen LogP contribution < -0.4 is 10.6 Å². The van der Waals surface area contributed by atoms with Crippen molar-refractivity contribution in [1.82, 2.24) is 10.5 Å². The molecule has 1 aliphatic rings. The predicted molar refractivity (Wildman–Crippen MR) is 77.9 cm³/mol. The van der Waals surface area contributed by atoms with Gasteiger partial charge < -0.3 is 9.84 Å². The Morgan fingerprint density at radius 3 is 2.90 bits per heavy atom. The summed E-state index contributed by atoms with van der Waals surface area (Å²) in [5.41, 5.74) is 2.20. The van der Waals surface area contributed by atoms with Gasteiger partial charge >= 0.3 is 0 Å². The molecular formula is C15H17N3O3. The first-order chi connectivity index (χ1) is 10.0. The predicted octanol–water partition coefficient (Wildman–Crippen LogP) is 2.17. The van der Waals surface area contributed by atoms with E-state index in [1.807, 2.05) is 18.2 Å². The van der Waals surface area contributed by atoms with Gasteiger partial charge in [0, 0.05) is 23.5 Å². The lowest BCUT2D eigenvalue weighted by Crippen LogP contribution is -2.39. The largest absolute Gasteiger partial charge is 0.383 e. The van der Waals surface area contributed by atoms with Crippen LogP contribution in [-0.4, -0.2) is 23.0 Å². The van der Waals surface area contributed by atoms with E-state index < -0.39 is 5.92 Å². The van der Waals surface area contributed by atoms with Crippen molar-refractivity contribution >= 4 is 28.5 Å². The van der Waals surface area contributed by atoms with Crippen LogP contribution in [0, 0.1) is 0 Å². The second kappa shape index (κ2) is 5.20. The van der Waals surface area contributed by atoms with Crippen LogP contribution >= 0.6 is 0 Å². The number of hydrogen-bond donors (Lipinski definition) is 2. The highest BCUT2D eigenvalue weighted by atomic mass is 16.5. The molecule has 0 saturated carbocycles. The molecule has 1 aliphatic heterocycles. The molecule has 2 amide bonds. The van der Waals surface area contributed by atoms with Gasteiger partial charge in [0.15, 0.2) is 5.58 Å². The maximum atomic E-state index is 12.0. The van der Waals surface area contributed by atoms with Crippen LogP contribution in [0.2, 0.25) is 0 Å². The molecule has 0 radical (unpaired) electrons. The molecule has 21 heavy (non-hydrogen) atoms. The average molecular weight is 287 g/mol. The number of rotatable bonds is 3. The Morgan fingerprint density at radius 2 is 2.19 bits per heavy atom. The highest BCUT2D eigenvalue weighted by molar-refractivity contribution is 6.02. The SMILES string of the molecule is CC(C)Nc1ccc2onc(C3CCC(=O)NC3=O)c2c1. The smallest absolute Gasteiger partial charge is 0.235 e. The Balaban J connectivity index is 1.98. The Hall–Kier alpha value is -2.37. The minimum atomic E-state index is -0.432. The highest BCUT2D eigenvalue weighted by Gasteiger charge is 2.31. The van der Waals surface area contributed by atoms with E-state index >= 15 is 0 Å². The van der Waals surface area contributed by atoms with E-state index in [1.54, 1.807) is 0 Å². The highest BCUT2D eigenvalue weighted by Crippen LogP contribution is 2.31. The standard InChI is InChI=1S/C15H17N3O3/c1-8(2)16-9-3-5-12-11(7-9)14(18-21-12)10-4-6-13(19)17-15(10)20/h3,5,7-8,10,16H,4,6H2,1-2H3,(H,17,19,20). The summed E-state index contributed by atoms with van der Waals surface area (Å²) in [6, 6.07) is 6.00. The molecule has 1 aromatic carbocycles. The van der Waals surface area contributed by atoms with Crippen molar-refractivity contribution in [1.29, 1.82) is 0 Å². The average Bonchev–Trinajstić information content (AvgIpc) is 2.81. The third kappa shape index (κ3) is 2.61. The number of nitrogens with zero attached hydrogens (tertiary/aromatic N) is 1. The van der Waals surface area contributed by atoms with Crippen molar-refractivity contribution in [2.24, 2.45) is 0 Å². The van der Waals surface area contributed by atoms with Crippen LogP contribution in [0.4, 0.5) is 5.69 Å². The van der Waals surface area contributed by atoms with Crippen LogP contribution in [0.3, 0.4) is 0 Å². The summed E-state index contributed by atoms with van der Waals surface area (Å²) in [6.07, 6.45) is 0.794. The third-order valence-electron chi connectivity index (χ3n) is 3.52. The third-order valence-corrected chi connectivity index (χ3v) is 3.52. The molecular weight excluding hydrogens is 270 g/mol. The zero-order valence-electron chi connectivity index (χ0n) is 12.0. The minimum Gasteiger partial charge on any atom is -0.383 e. The van der Waals surface area contributed by atoms with Gasteiger partial charge in [-0.15, -0.1) is 0 Å². The number of nitrogens with one attached hydrogen (secondary N) is 2. The molecule has 110 valence electrons. The second-order valence-corrected chi connectivity index (χ2v) is 5.58. The van der Waals surface area contributed by atoms with Gasteiger partial charge in [0.25, 0.3) is 0 Å². The van der Waals surface area contributed by atoms with Crippen LogP contribution in [0.25, 0.3) is 11.0 Å². The van der Waals surface area contributed by atoms with Crippen molar-refractivity contribution in [2.75, 3.05) is 5.32 Å². The second-order valence-electron chi connectivity index (χ2n) is 5.58. The zero-order valence-corrected chi connectivity index (χ0v) is 12.0. The normalized spacial score (nSPS) is 19.1. The van der Waals surface area contributed by atoms with Crippen molar-refractivity contribution in [3.63, 3.8) is 0 Å². The van der Waals surface area contributed by atoms with E-state index in [0.29, 0.717) is 30.2 Å². The molecule has 1 aromatic heterocycles. The maximum absolute atomic E-state index is 12.0. The van der Waals surface area contributed by atoms with Gasteiger partial charge in [-0.25, -0.2) is 0 Å². The van der Waals surface area contributed by atoms with Gasteiger partial charge in [-0.3, -0.25) is 14.9 Å². The molecule has 1 fully saturated rings. The summed E-state index contributed by atoms with van der Waals surface area (Å²) in [4.78, 5) is 23.2. The summed E-state index contributed by atoms with van der Waals surface area (Å²) in [7, 11) is 0. The molecule has 1 saturated heterocycles. The van der Waals surface area contributed by atoms with E-state index in [1.165, 1.54) is 0 Å². The number of carbonyl (C=O) groups is 2. The van der Waals surface area contributed by atoms with E-state index in [0.717, 1.165) is 11.1 Å². The van der Waals surface area contributed by atoms with E-state index in [9.17, 15) is 9.59 Å². The zero-order chi connectivity index (χ0) is 15.0. The number of hydrogen-bond acceptors (Lipinski definition) is 5. The molecule has 2 heterocycles. The van der Waals surface area contributed by atoms with Crippen molar-refractivity contribution in [3.05, 3.63) is 23.9 Å². The van der Waals surface area contributed by atoms with Crippen LogP contribution in [-0.2, 0) is 9.59 Å². The Labute approximate surface area is 121 Å². The molecule has 2 aromatic rings. The van der Waals surface area contributed by atoms with Gasteiger partial charge in [-0.1, -0.05) is 5.16 Å². The van der Waals surface area contributed by atoms with Gasteiger partial charge in [0.1, 0.15) is 5.69 Å². The molecule has 2 N–H and O–H groups in total. The number of benzene rings is 1. The topological polar surface area (TPSA) is 84.2 Å². The first kappa shape index (κ1) is 13.6. The lowest BCUT2D eigenvalue weighted by Gasteiger charge is -2.19. The van der Waals surface area contributed by atoms with Crippen LogP contribution in [0.5, 0.6) is 0 Å². The number of anilines is 1. The van der Waals surface area contributed by atoms with E-state index in [-0.39, 0.29) is 11.8 Å². The number of fused-ring (bicyclic) bond motifs is 1.